The summed E-state index contributed by atoms with van der Waals surface area (Å²) in [4.78, 5) is 6.62. The molecule has 0 aliphatic carbocycles. The van der Waals surface area contributed by atoms with Crippen LogP contribution in [0.25, 0.3) is 0 Å². The molecule has 3 N–H and O–H groups in total. The molecule has 1 aliphatic heterocycles. The Morgan fingerprint density at radius 3 is 2.79 bits per heavy atom. The molecule has 1 atom stereocenters. The quantitative estimate of drug-likeness (QED) is 0.460. The van der Waals surface area contributed by atoms with Gasteiger partial charge in [-0.3, -0.25) is 4.99 Å². The first-order chi connectivity index (χ1) is 13.1. The van der Waals surface area contributed by atoms with Crippen LogP contribution in [-0.4, -0.2) is 66.0 Å². The Kier molecular flexibility index (Phi) is 7.54. The van der Waals surface area contributed by atoms with E-state index in [9.17, 15) is 8.42 Å². The van der Waals surface area contributed by atoms with E-state index in [0.717, 1.165) is 43.6 Å². The lowest BCUT2D eigenvalue weighted by Gasteiger charge is -2.36. The van der Waals surface area contributed by atoms with Gasteiger partial charge in [0.15, 0.2) is 5.96 Å². The molecule has 1 aromatic carbocycles. The second kappa shape index (κ2) is 9.47. The van der Waals surface area contributed by atoms with Gasteiger partial charge in [0.2, 0.25) is 10.0 Å². The maximum Gasteiger partial charge on any atom is 0.209 e. The van der Waals surface area contributed by atoms with E-state index in [4.69, 9.17) is 4.74 Å². The van der Waals surface area contributed by atoms with E-state index in [1.807, 2.05) is 26.0 Å². The van der Waals surface area contributed by atoms with Crippen molar-refractivity contribution in [3.63, 3.8) is 0 Å². The highest BCUT2D eigenvalue weighted by atomic mass is 32.2. The molecule has 1 aliphatic rings. The molecule has 0 spiro atoms. The summed E-state index contributed by atoms with van der Waals surface area (Å²) < 4.78 is 30.9. The molecule has 158 valence electrons. The Labute approximate surface area is 168 Å². The van der Waals surface area contributed by atoms with Crippen molar-refractivity contribution in [1.29, 1.82) is 0 Å². The number of rotatable bonds is 7. The van der Waals surface area contributed by atoms with Crippen LogP contribution in [0.1, 0.15) is 26.7 Å². The van der Waals surface area contributed by atoms with Gasteiger partial charge in [-0.1, -0.05) is 6.07 Å². The van der Waals surface area contributed by atoms with Crippen LogP contribution in [0.5, 0.6) is 5.75 Å². The van der Waals surface area contributed by atoms with Crippen molar-refractivity contribution in [3.05, 3.63) is 24.3 Å². The number of ether oxygens (including phenoxy) is 1. The van der Waals surface area contributed by atoms with Crippen LogP contribution >= 0.6 is 0 Å². The second-order valence-electron chi connectivity index (χ2n) is 7.81. The standard InChI is InChI=1S/C19H33N5O3S/c1-19(2,23-28(5,25)26)14-21-18(20-3)22-15-8-7-11-24(13-15)16-9-6-10-17(12-16)27-4/h6,9-10,12,15,23H,7-8,11,13-14H2,1-5H3,(H2,20,21,22). The predicted octanol–water partition coefficient (Wildman–Crippen LogP) is 1.16. The molecular formula is C19H33N5O3S. The van der Waals surface area contributed by atoms with Crippen LogP contribution in [-0.2, 0) is 10.0 Å². The van der Waals surface area contributed by atoms with Gasteiger partial charge < -0.3 is 20.3 Å². The van der Waals surface area contributed by atoms with Crippen LogP contribution in [0.4, 0.5) is 5.69 Å². The van der Waals surface area contributed by atoms with E-state index in [1.165, 1.54) is 0 Å². The summed E-state index contributed by atoms with van der Waals surface area (Å²) in [7, 11) is 0.119. The summed E-state index contributed by atoms with van der Waals surface area (Å²) >= 11 is 0. The highest BCUT2D eigenvalue weighted by Crippen LogP contribution is 2.24. The zero-order chi connectivity index (χ0) is 20.8. The van der Waals surface area contributed by atoms with Crippen LogP contribution in [0.15, 0.2) is 29.3 Å². The van der Waals surface area contributed by atoms with Crippen molar-refractivity contribution in [2.24, 2.45) is 4.99 Å². The van der Waals surface area contributed by atoms with Crippen molar-refractivity contribution >= 4 is 21.7 Å². The fraction of sp³-hybridized carbons (Fsp3) is 0.632. The first-order valence-corrected chi connectivity index (χ1v) is 11.4. The van der Waals surface area contributed by atoms with E-state index in [-0.39, 0.29) is 6.04 Å². The third-order valence-electron chi connectivity index (χ3n) is 4.56. The van der Waals surface area contributed by atoms with Gasteiger partial charge in [-0.2, -0.15) is 0 Å². The van der Waals surface area contributed by atoms with Crippen LogP contribution in [0, 0.1) is 0 Å². The number of methoxy groups -OCH3 is 1. The molecule has 2 rings (SSSR count). The smallest absolute Gasteiger partial charge is 0.209 e. The van der Waals surface area contributed by atoms with E-state index >= 15 is 0 Å². The Morgan fingerprint density at radius 1 is 1.39 bits per heavy atom. The number of anilines is 1. The summed E-state index contributed by atoms with van der Waals surface area (Å²) in [5.74, 6) is 1.52. The molecule has 1 fully saturated rings. The molecular weight excluding hydrogens is 378 g/mol. The zero-order valence-electron chi connectivity index (χ0n) is 17.4. The number of aliphatic imine (C=N–C) groups is 1. The summed E-state index contributed by atoms with van der Waals surface area (Å²) in [5.41, 5.74) is 0.525. The number of benzene rings is 1. The summed E-state index contributed by atoms with van der Waals surface area (Å²) in [6.45, 7) is 5.95. The number of guanidine groups is 1. The fourth-order valence-corrected chi connectivity index (χ4v) is 4.44. The molecule has 1 heterocycles. The average Bonchev–Trinajstić information content (AvgIpc) is 2.63. The molecule has 9 heteroatoms. The zero-order valence-corrected chi connectivity index (χ0v) is 18.3. The van der Waals surface area contributed by atoms with Crippen LogP contribution in [0.2, 0.25) is 0 Å². The lowest BCUT2D eigenvalue weighted by atomic mass is 10.0. The minimum atomic E-state index is -3.27. The largest absolute Gasteiger partial charge is 0.497 e. The summed E-state index contributed by atoms with van der Waals surface area (Å²) in [6, 6.07) is 8.34. The van der Waals surface area contributed by atoms with Gasteiger partial charge >= 0.3 is 0 Å². The SMILES string of the molecule is CN=C(NCC(C)(C)NS(C)(=O)=O)NC1CCCN(c2cccc(OC)c2)C1. The van der Waals surface area contributed by atoms with Gasteiger partial charge in [0.1, 0.15) is 5.75 Å². The van der Waals surface area contributed by atoms with Crippen molar-refractivity contribution in [2.75, 3.05) is 44.9 Å². The van der Waals surface area contributed by atoms with Crippen molar-refractivity contribution < 1.29 is 13.2 Å². The molecule has 8 nitrogen and oxygen atoms in total. The molecule has 0 bridgehead atoms. The van der Waals surface area contributed by atoms with Crippen molar-refractivity contribution in [3.8, 4) is 5.75 Å². The molecule has 0 radical (unpaired) electrons. The third-order valence-corrected chi connectivity index (χ3v) is 5.49. The van der Waals surface area contributed by atoms with E-state index in [2.05, 4.69) is 37.4 Å². The van der Waals surface area contributed by atoms with E-state index in [0.29, 0.717) is 12.5 Å². The summed E-state index contributed by atoms with van der Waals surface area (Å²) in [6.07, 6.45) is 3.29. The van der Waals surface area contributed by atoms with Gasteiger partial charge in [-0.25, -0.2) is 13.1 Å². The van der Waals surface area contributed by atoms with Gasteiger partial charge in [-0.15, -0.1) is 0 Å². The number of hydrogen-bond donors (Lipinski definition) is 3. The minimum absolute atomic E-state index is 0.247. The number of nitrogens with zero attached hydrogens (tertiary/aromatic N) is 2. The molecule has 1 unspecified atom stereocenters. The lowest BCUT2D eigenvalue weighted by Crippen LogP contribution is -2.56. The highest BCUT2D eigenvalue weighted by molar-refractivity contribution is 7.88. The third kappa shape index (κ3) is 7.20. The normalized spacial score (nSPS) is 18.7. The fourth-order valence-electron chi connectivity index (χ4n) is 3.37. The van der Waals surface area contributed by atoms with E-state index in [1.54, 1.807) is 14.2 Å². The predicted molar refractivity (Wildman–Crippen MR) is 115 cm³/mol. The Morgan fingerprint density at radius 2 is 2.14 bits per heavy atom. The van der Waals surface area contributed by atoms with Gasteiger partial charge in [-0.05, 0) is 38.8 Å². The molecule has 0 aromatic heterocycles. The molecule has 0 saturated carbocycles. The van der Waals surface area contributed by atoms with Crippen molar-refractivity contribution in [2.45, 2.75) is 38.3 Å². The van der Waals surface area contributed by atoms with Gasteiger partial charge in [0.25, 0.3) is 0 Å². The maximum absolute atomic E-state index is 11.5. The van der Waals surface area contributed by atoms with Gasteiger partial charge in [0.05, 0.1) is 13.4 Å². The number of nitrogens with one attached hydrogen (secondary N) is 3. The van der Waals surface area contributed by atoms with Crippen LogP contribution < -0.4 is 25.0 Å². The monoisotopic (exact) mass is 411 g/mol. The topological polar surface area (TPSA) is 95.1 Å². The molecule has 0 amide bonds. The first-order valence-electron chi connectivity index (χ1n) is 9.47. The Hall–Kier alpha value is -2.00. The molecule has 1 saturated heterocycles. The first kappa shape index (κ1) is 22.3. The molecule has 1 aromatic rings. The highest BCUT2D eigenvalue weighted by Gasteiger charge is 2.24. The Bertz CT molecular complexity index is 780. The minimum Gasteiger partial charge on any atom is -0.497 e. The number of piperidine rings is 1. The number of hydrogen-bond acceptors (Lipinski definition) is 5. The van der Waals surface area contributed by atoms with E-state index < -0.39 is 15.6 Å². The second-order valence-corrected chi connectivity index (χ2v) is 9.56. The van der Waals surface area contributed by atoms with Crippen molar-refractivity contribution in [1.82, 2.24) is 15.4 Å². The Balaban J connectivity index is 1.93. The van der Waals surface area contributed by atoms with Gasteiger partial charge in [0, 0.05) is 50.0 Å². The number of sulfonamides is 1. The maximum atomic E-state index is 11.5. The van der Waals surface area contributed by atoms with Crippen LogP contribution in [0.3, 0.4) is 0 Å². The molecule has 28 heavy (non-hydrogen) atoms. The average molecular weight is 412 g/mol. The summed E-state index contributed by atoms with van der Waals surface area (Å²) in [5, 5.41) is 6.68. The lowest BCUT2D eigenvalue weighted by molar-refractivity contribution is 0.414.